The third kappa shape index (κ3) is 5.38. The highest BCUT2D eigenvalue weighted by molar-refractivity contribution is 6.42. The first-order chi connectivity index (χ1) is 14.5. The van der Waals surface area contributed by atoms with E-state index in [9.17, 15) is 14.4 Å². The van der Waals surface area contributed by atoms with E-state index in [-0.39, 0.29) is 17.9 Å². The summed E-state index contributed by atoms with van der Waals surface area (Å²) in [4.78, 5) is 12.4. The van der Waals surface area contributed by atoms with E-state index in [2.05, 4.69) is 5.32 Å². The molecule has 1 amide bonds. The highest BCUT2D eigenvalue weighted by atomic mass is 35.5. The molecule has 1 N–H and O–H groups in total. The monoisotopic (exact) mass is 440 g/mol. The Bertz CT molecular complexity index is 1160. The fourth-order valence-electron chi connectivity index (χ4n) is 2.58. The molecule has 3 rings (SSSR count). The molecule has 3 aromatic carbocycles. The average Bonchev–Trinajstić information content (AvgIpc) is 2.75. The van der Waals surface area contributed by atoms with Gasteiger partial charge in [0.1, 0.15) is 29.8 Å². The van der Waals surface area contributed by atoms with Crippen molar-refractivity contribution in [2.45, 2.75) is 6.61 Å². The Morgan fingerprint density at radius 2 is 1.80 bits per heavy atom. The molecule has 3 aromatic rings. The maximum Gasteiger partial charge on any atom is 0.266 e. The Morgan fingerprint density at radius 1 is 1.07 bits per heavy atom. The van der Waals surface area contributed by atoms with Gasteiger partial charge >= 0.3 is 0 Å². The van der Waals surface area contributed by atoms with E-state index in [0.29, 0.717) is 21.4 Å². The lowest BCUT2D eigenvalue weighted by Gasteiger charge is -2.10. The van der Waals surface area contributed by atoms with Crippen molar-refractivity contribution in [3.8, 4) is 11.8 Å². The molecule has 0 aliphatic heterocycles. The van der Waals surface area contributed by atoms with E-state index in [1.165, 1.54) is 24.3 Å². The van der Waals surface area contributed by atoms with Gasteiger partial charge in [-0.1, -0.05) is 59.6 Å². The second kappa shape index (κ2) is 9.93. The number of anilines is 1. The van der Waals surface area contributed by atoms with Gasteiger partial charge in [-0.3, -0.25) is 4.79 Å². The Balaban J connectivity index is 1.79. The molecule has 0 aliphatic carbocycles. The molecule has 0 saturated heterocycles. The van der Waals surface area contributed by atoms with E-state index >= 15 is 0 Å². The number of hydrogen-bond acceptors (Lipinski definition) is 3. The van der Waals surface area contributed by atoms with Crippen molar-refractivity contribution in [1.82, 2.24) is 0 Å². The van der Waals surface area contributed by atoms with Crippen LogP contribution >= 0.6 is 23.2 Å². The Labute approximate surface area is 183 Å². The van der Waals surface area contributed by atoms with Crippen LogP contribution in [0.15, 0.2) is 72.3 Å². The van der Waals surface area contributed by atoms with E-state index in [1.807, 2.05) is 6.07 Å². The second-order valence-electron chi connectivity index (χ2n) is 6.18. The number of rotatable bonds is 6. The highest BCUT2D eigenvalue weighted by Crippen LogP contribution is 2.26. The molecule has 0 unspecified atom stereocenters. The van der Waals surface area contributed by atoms with E-state index in [0.717, 1.165) is 5.56 Å². The number of nitriles is 1. The van der Waals surface area contributed by atoms with Crippen molar-refractivity contribution in [2.24, 2.45) is 0 Å². The SMILES string of the molecule is N#C/C(=C/c1ccccc1OCc1ccc(Cl)c(Cl)c1)C(=O)Nc1ccccc1F. The highest BCUT2D eigenvalue weighted by Gasteiger charge is 2.13. The van der Waals surface area contributed by atoms with Crippen molar-refractivity contribution in [3.05, 3.63) is 99.3 Å². The number of ether oxygens (including phenoxy) is 1. The molecule has 0 aliphatic rings. The third-order valence-corrected chi connectivity index (χ3v) is 4.82. The summed E-state index contributed by atoms with van der Waals surface area (Å²) in [6.45, 7) is 0.213. The molecule has 0 spiro atoms. The zero-order chi connectivity index (χ0) is 21.5. The van der Waals surface area contributed by atoms with Crippen molar-refractivity contribution < 1.29 is 13.9 Å². The third-order valence-electron chi connectivity index (χ3n) is 4.08. The zero-order valence-corrected chi connectivity index (χ0v) is 17.0. The molecule has 0 saturated carbocycles. The average molecular weight is 441 g/mol. The summed E-state index contributed by atoms with van der Waals surface area (Å²) in [6.07, 6.45) is 1.39. The summed E-state index contributed by atoms with van der Waals surface area (Å²) in [5.41, 5.74) is 1.13. The first-order valence-electron chi connectivity index (χ1n) is 8.81. The summed E-state index contributed by atoms with van der Waals surface area (Å²) in [5.74, 6) is -0.842. The molecular weight excluding hydrogens is 426 g/mol. The van der Waals surface area contributed by atoms with Gasteiger partial charge in [0.15, 0.2) is 0 Å². The second-order valence-corrected chi connectivity index (χ2v) is 6.99. The van der Waals surface area contributed by atoms with Gasteiger partial charge < -0.3 is 10.1 Å². The van der Waals surface area contributed by atoms with Gasteiger partial charge in [0.25, 0.3) is 5.91 Å². The number of hydrogen-bond donors (Lipinski definition) is 1. The molecule has 150 valence electrons. The number of amides is 1. The lowest BCUT2D eigenvalue weighted by Crippen LogP contribution is -2.14. The minimum atomic E-state index is -0.720. The zero-order valence-electron chi connectivity index (χ0n) is 15.5. The van der Waals surface area contributed by atoms with Crippen molar-refractivity contribution in [3.63, 3.8) is 0 Å². The van der Waals surface area contributed by atoms with Gasteiger partial charge in [0.2, 0.25) is 0 Å². The number of halogens is 3. The fourth-order valence-corrected chi connectivity index (χ4v) is 2.90. The predicted molar refractivity (Wildman–Crippen MR) is 116 cm³/mol. The van der Waals surface area contributed by atoms with Crippen LogP contribution in [0.2, 0.25) is 10.0 Å². The number of nitrogens with zero attached hydrogens (tertiary/aromatic N) is 1. The molecule has 0 heterocycles. The molecule has 30 heavy (non-hydrogen) atoms. The van der Waals surface area contributed by atoms with Crippen LogP contribution in [-0.2, 0) is 11.4 Å². The van der Waals surface area contributed by atoms with Crippen LogP contribution in [0.25, 0.3) is 6.08 Å². The van der Waals surface area contributed by atoms with Crippen LogP contribution in [0.4, 0.5) is 10.1 Å². The van der Waals surface area contributed by atoms with Gasteiger partial charge in [0.05, 0.1) is 15.7 Å². The lowest BCUT2D eigenvalue weighted by atomic mass is 10.1. The smallest absolute Gasteiger partial charge is 0.266 e. The molecular formula is C23H15Cl2FN2O2. The van der Waals surface area contributed by atoms with Gasteiger partial charge in [0, 0.05) is 5.56 Å². The first-order valence-corrected chi connectivity index (χ1v) is 9.57. The van der Waals surface area contributed by atoms with Gasteiger partial charge in [-0.2, -0.15) is 5.26 Å². The van der Waals surface area contributed by atoms with Gasteiger partial charge in [-0.15, -0.1) is 0 Å². The maximum atomic E-state index is 13.8. The van der Waals surface area contributed by atoms with E-state index in [4.69, 9.17) is 27.9 Å². The summed E-state index contributed by atoms with van der Waals surface area (Å²) < 4.78 is 19.6. The van der Waals surface area contributed by atoms with Crippen LogP contribution in [0.3, 0.4) is 0 Å². The van der Waals surface area contributed by atoms with E-state index in [1.54, 1.807) is 48.5 Å². The number of benzene rings is 3. The Kier molecular flexibility index (Phi) is 7.08. The van der Waals surface area contributed by atoms with Gasteiger partial charge in [-0.25, -0.2) is 4.39 Å². The summed E-state index contributed by atoms with van der Waals surface area (Å²) in [5, 5.41) is 12.7. The minimum Gasteiger partial charge on any atom is -0.488 e. The fraction of sp³-hybridized carbons (Fsp3) is 0.0435. The number of nitrogens with one attached hydrogen (secondary N) is 1. The molecule has 0 radical (unpaired) electrons. The van der Waals surface area contributed by atoms with Crippen LogP contribution < -0.4 is 10.1 Å². The normalized spacial score (nSPS) is 10.9. The molecule has 7 heteroatoms. The molecule has 0 aromatic heterocycles. The van der Waals surface area contributed by atoms with E-state index < -0.39 is 11.7 Å². The largest absolute Gasteiger partial charge is 0.488 e. The topological polar surface area (TPSA) is 62.1 Å². The van der Waals surface area contributed by atoms with Crippen molar-refractivity contribution in [1.29, 1.82) is 5.26 Å². The Hall–Kier alpha value is -3.33. The quantitative estimate of drug-likeness (QED) is 0.363. The predicted octanol–water partition coefficient (Wildman–Crippen LogP) is 6.26. The summed E-state index contributed by atoms with van der Waals surface area (Å²) in [6, 6.07) is 19.7. The van der Waals surface area contributed by atoms with Crippen LogP contribution in [0, 0.1) is 17.1 Å². The lowest BCUT2D eigenvalue weighted by molar-refractivity contribution is -0.112. The van der Waals surface area contributed by atoms with Crippen LogP contribution in [-0.4, -0.2) is 5.91 Å². The minimum absolute atomic E-state index is 0.00666. The molecule has 0 bridgehead atoms. The van der Waals surface area contributed by atoms with Crippen LogP contribution in [0.1, 0.15) is 11.1 Å². The summed E-state index contributed by atoms with van der Waals surface area (Å²) >= 11 is 11.9. The van der Waals surface area contributed by atoms with Crippen LogP contribution in [0.5, 0.6) is 5.75 Å². The first kappa shape index (κ1) is 21.4. The Morgan fingerprint density at radius 3 is 2.53 bits per heavy atom. The number of para-hydroxylation sites is 2. The maximum absolute atomic E-state index is 13.8. The van der Waals surface area contributed by atoms with Crippen molar-refractivity contribution in [2.75, 3.05) is 5.32 Å². The number of carbonyl (C=O) groups is 1. The molecule has 4 nitrogen and oxygen atoms in total. The summed E-state index contributed by atoms with van der Waals surface area (Å²) in [7, 11) is 0. The van der Waals surface area contributed by atoms with Gasteiger partial charge in [-0.05, 0) is 42.0 Å². The molecule has 0 fully saturated rings. The standard InChI is InChI=1S/C23H15Cl2FN2O2/c24-18-10-9-15(11-19(18)25)14-30-22-8-4-1-5-16(22)12-17(13-27)23(29)28-21-7-3-2-6-20(21)26/h1-12H,14H2,(H,28,29)/b17-12-. The molecule has 0 atom stereocenters. The van der Waals surface area contributed by atoms with Crippen molar-refractivity contribution >= 4 is 40.9 Å². The number of carbonyl (C=O) groups excluding carboxylic acids is 1.